The van der Waals surface area contributed by atoms with Gasteiger partial charge in [0.2, 0.25) is 0 Å². The van der Waals surface area contributed by atoms with E-state index in [0.717, 1.165) is 24.3 Å². The first-order chi connectivity index (χ1) is 15.1. The Morgan fingerprint density at radius 2 is 1.75 bits per heavy atom. The molecule has 170 valence electrons. The van der Waals surface area contributed by atoms with Crippen LogP contribution in [0.5, 0.6) is 5.75 Å². The number of carboxylic acids is 1. The van der Waals surface area contributed by atoms with Crippen molar-refractivity contribution in [1.29, 1.82) is 0 Å². The summed E-state index contributed by atoms with van der Waals surface area (Å²) in [5.41, 5.74) is 4.10. The standard InChI is InChI=1S/C28H34O3Se/c1-6-7-8-15-31-24-18-22-23(28(4,5)14-13-27(22,2)3)19-25(24)32-16-12-20-10-9-11-21(17-20)26(29)30/h9-11,17-19H,6-8,13-15H2,1-5H3,(H,29,30). The molecule has 0 fully saturated rings. The van der Waals surface area contributed by atoms with Gasteiger partial charge in [-0.1, -0.05) is 0 Å². The van der Waals surface area contributed by atoms with Crippen LogP contribution in [0.4, 0.5) is 0 Å². The molecule has 0 aliphatic heterocycles. The van der Waals surface area contributed by atoms with Gasteiger partial charge in [0.05, 0.1) is 0 Å². The van der Waals surface area contributed by atoms with Crippen LogP contribution in [-0.4, -0.2) is 32.6 Å². The molecule has 0 amide bonds. The van der Waals surface area contributed by atoms with Gasteiger partial charge in [0.25, 0.3) is 0 Å². The van der Waals surface area contributed by atoms with Gasteiger partial charge in [0.15, 0.2) is 0 Å². The number of benzene rings is 2. The molecule has 32 heavy (non-hydrogen) atoms. The predicted octanol–water partition coefficient (Wildman–Crippen LogP) is 5.64. The van der Waals surface area contributed by atoms with Crippen LogP contribution < -0.4 is 9.20 Å². The number of unbranched alkanes of at least 4 members (excludes halogenated alkanes) is 2. The van der Waals surface area contributed by atoms with Crippen LogP contribution in [0.2, 0.25) is 0 Å². The maximum absolute atomic E-state index is 11.2. The van der Waals surface area contributed by atoms with E-state index in [1.54, 1.807) is 18.2 Å². The fourth-order valence-electron chi connectivity index (χ4n) is 4.17. The van der Waals surface area contributed by atoms with E-state index >= 15 is 0 Å². The number of carboxylic acid groups (broad SMARTS) is 1. The summed E-state index contributed by atoms with van der Waals surface area (Å²) >= 11 is -0.0913. The van der Waals surface area contributed by atoms with Crippen molar-refractivity contribution in [2.45, 2.75) is 77.6 Å². The van der Waals surface area contributed by atoms with Crippen molar-refractivity contribution >= 4 is 25.4 Å². The molecule has 1 aliphatic rings. The van der Waals surface area contributed by atoms with Crippen LogP contribution in [-0.2, 0) is 10.8 Å². The third-order valence-corrected chi connectivity index (χ3v) is 7.95. The molecule has 1 aliphatic carbocycles. The molecule has 3 nitrogen and oxygen atoms in total. The molecule has 0 heterocycles. The normalized spacial score (nSPS) is 15.9. The number of hydrogen-bond donors (Lipinski definition) is 1. The Balaban J connectivity index is 1.95. The fourth-order valence-corrected chi connectivity index (χ4v) is 5.58. The number of rotatable bonds is 7. The second kappa shape index (κ2) is 10.2. The van der Waals surface area contributed by atoms with Crippen LogP contribution in [0.15, 0.2) is 36.4 Å². The summed E-state index contributed by atoms with van der Waals surface area (Å²) in [6.07, 6.45) is 5.75. The summed E-state index contributed by atoms with van der Waals surface area (Å²) in [4.78, 5) is 14.5. The fraction of sp³-hybridized carbons (Fsp3) is 0.464. The van der Waals surface area contributed by atoms with Gasteiger partial charge in [-0.15, -0.1) is 0 Å². The minimum atomic E-state index is -0.929. The van der Waals surface area contributed by atoms with Gasteiger partial charge in [0.1, 0.15) is 0 Å². The van der Waals surface area contributed by atoms with E-state index in [9.17, 15) is 9.90 Å². The first-order valence-electron chi connectivity index (χ1n) is 11.5. The van der Waals surface area contributed by atoms with E-state index in [1.165, 1.54) is 41.3 Å². The monoisotopic (exact) mass is 498 g/mol. The molecular weight excluding hydrogens is 463 g/mol. The Kier molecular flexibility index (Phi) is 7.75. The molecule has 0 saturated heterocycles. The van der Waals surface area contributed by atoms with Crippen molar-refractivity contribution < 1.29 is 14.6 Å². The van der Waals surface area contributed by atoms with E-state index in [0.29, 0.717) is 0 Å². The number of hydrogen-bond acceptors (Lipinski definition) is 2. The van der Waals surface area contributed by atoms with Gasteiger partial charge in [-0.05, 0) is 0 Å². The molecule has 0 aromatic heterocycles. The molecule has 0 bridgehead atoms. The summed E-state index contributed by atoms with van der Waals surface area (Å²) in [6.45, 7) is 12.3. The van der Waals surface area contributed by atoms with Crippen LogP contribution in [0.25, 0.3) is 0 Å². The molecule has 2 aromatic carbocycles. The number of ether oxygens (including phenoxy) is 1. The quantitative estimate of drug-likeness (QED) is 0.306. The van der Waals surface area contributed by atoms with Crippen LogP contribution in [0.3, 0.4) is 0 Å². The Morgan fingerprint density at radius 1 is 1.06 bits per heavy atom. The number of fused-ring (bicyclic) bond motifs is 1. The van der Waals surface area contributed by atoms with Crippen molar-refractivity contribution in [3.05, 3.63) is 58.7 Å². The third-order valence-electron chi connectivity index (χ3n) is 6.39. The first-order valence-corrected chi connectivity index (χ1v) is 13.2. The van der Waals surface area contributed by atoms with E-state index in [1.807, 2.05) is 6.07 Å². The van der Waals surface area contributed by atoms with Gasteiger partial charge >= 0.3 is 199 Å². The Morgan fingerprint density at radius 3 is 2.41 bits per heavy atom. The molecule has 3 rings (SSSR count). The average molecular weight is 498 g/mol. The summed E-state index contributed by atoms with van der Waals surface area (Å²) in [6, 6.07) is 11.4. The maximum atomic E-state index is 11.2. The van der Waals surface area contributed by atoms with E-state index in [-0.39, 0.29) is 31.4 Å². The first kappa shape index (κ1) is 24.4. The zero-order valence-corrected chi connectivity index (χ0v) is 21.6. The van der Waals surface area contributed by atoms with Gasteiger partial charge in [0, 0.05) is 0 Å². The van der Waals surface area contributed by atoms with Gasteiger partial charge in [-0.3, -0.25) is 0 Å². The SMILES string of the molecule is CCCCCOc1cc2c(cc1[Se]C#Cc1cccc(C(=O)O)c1)C(C)(C)CCC2(C)C. The summed E-state index contributed by atoms with van der Waals surface area (Å²) in [5.74, 6) is 3.21. The van der Waals surface area contributed by atoms with Gasteiger partial charge in [-0.25, -0.2) is 0 Å². The van der Waals surface area contributed by atoms with Crippen molar-refractivity contribution in [1.82, 2.24) is 0 Å². The summed E-state index contributed by atoms with van der Waals surface area (Å²) in [5, 5.41) is 9.21. The summed E-state index contributed by atoms with van der Waals surface area (Å²) < 4.78 is 7.47. The zero-order chi connectivity index (χ0) is 23.4. The second-order valence-corrected chi connectivity index (χ2v) is 11.7. The number of aromatic carboxylic acids is 1. The Hall–Kier alpha value is -2.21. The minimum absolute atomic E-state index is 0.0913. The molecule has 0 spiro atoms. The average Bonchev–Trinajstić information content (AvgIpc) is 2.75. The Labute approximate surface area is 199 Å². The van der Waals surface area contributed by atoms with Crippen molar-refractivity contribution in [3.63, 3.8) is 0 Å². The zero-order valence-electron chi connectivity index (χ0n) is 19.9. The molecule has 0 atom stereocenters. The Bertz CT molecular complexity index is 1040. The van der Waals surface area contributed by atoms with Gasteiger partial charge < -0.3 is 0 Å². The molecule has 0 saturated carbocycles. The van der Waals surface area contributed by atoms with Crippen molar-refractivity contribution in [3.8, 4) is 16.5 Å². The van der Waals surface area contributed by atoms with Crippen LogP contribution >= 0.6 is 0 Å². The van der Waals surface area contributed by atoms with E-state index in [2.05, 4.69) is 57.5 Å². The number of carbonyl (C=O) groups is 1. The van der Waals surface area contributed by atoms with Gasteiger partial charge in [-0.2, -0.15) is 0 Å². The summed E-state index contributed by atoms with van der Waals surface area (Å²) in [7, 11) is 0. The molecular formula is C28H34O3Se. The van der Waals surface area contributed by atoms with Crippen molar-refractivity contribution in [2.75, 3.05) is 6.61 Å². The van der Waals surface area contributed by atoms with Crippen LogP contribution in [0, 0.1) is 10.7 Å². The van der Waals surface area contributed by atoms with Crippen LogP contribution in [0.1, 0.15) is 93.8 Å². The van der Waals surface area contributed by atoms with E-state index in [4.69, 9.17) is 4.74 Å². The molecule has 1 N–H and O–H groups in total. The second-order valence-electron chi connectivity index (χ2n) is 9.88. The molecule has 0 unspecified atom stereocenters. The predicted molar refractivity (Wildman–Crippen MR) is 132 cm³/mol. The molecule has 2 aromatic rings. The third kappa shape index (κ3) is 5.77. The van der Waals surface area contributed by atoms with E-state index < -0.39 is 5.97 Å². The molecule has 0 radical (unpaired) electrons. The molecule has 4 heteroatoms. The van der Waals surface area contributed by atoms with Crippen molar-refractivity contribution in [2.24, 2.45) is 0 Å². The topological polar surface area (TPSA) is 46.5 Å².